The van der Waals surface area contributed by atoms with Crippen LogP contribution < -0.4 is 19.1 Å². The lowest BCUT2D eigenvalue weighted by Gasteiger charge is -2.23. The number of aliphatic hydroxyl groups excluding tert-OH is 1. The van der Waals surface area contributed by atoms with Gasteiger partial charge in [0, 0.05) is 17.1 Å². The highest BCUT2D eigenvalue weighted by Crippen LogP contribution is 2.44. The molecule has 2 aliphatic heterocycles. The van der Waals surface area contributed by atoms with Gasteiger partial charge in [0.15, 0.2) is 16.6 Å². The molecule has 0 saturated carbocycles. The van der Waals surface area contributed by atoms with Crippen molar-refractivity contribution < 1.29 is 28.9 Å². The molecule has 0 bridgehead atoms. The standard InChI is InChI=1S/C25H22N2O6S/c1-2-9-31-17-5-3-4-15(13-17)21-20(23(29)24(30)27(21)25-26-8-12-34-25)22(28)16-6-7-18-19(14-16)33-11-10-32-18/h3-8,12-14,21,28H,2,9-11H2,1H3/b22-20+. The highest BCUT2D eigenvalue weighted by molar-refractivity contribution is 7.14. The van der Waals surface area contributed by atoms with Gasteiger partial charge in [-0.05, 0) is 42.3 Å². The number of rotatable bonds is 6. The van der Waals surface area contributed by atoms with Crippen molar-refractivity contribution >= 4 is 33.9 Å². The third-order valence-corrected chi connectivity index (χ3v) is 6.30. The number of anilines is 1. The van der Waals surface area contributed by atoms with E-state index in [9.17, 15) is 14.7 Å². The van der Waals surface area contributed by atoms with Crippen molar-refractivity contribution in [3.63, 3.8) is 0 Å². The molecule has 9 heteroatoms. The van der Waals surface area contributed by atoms with E-state index in [0.29, 0.717) is 53.3 Å². The summed E-state index contributed by atoms with van der Waals surface area (Å²) >= 11 is 1.24. The summed E-state index contributed by atoms with van der Waals surface area (Å²) in [6, 6.07) is 11.2. The molecule has 1 atom stereocenters. The molecule has 2 aliphatic rings. The molecular formula is C25H22N2O6S. The average molecular weight is 479 g/mol. The number of benzene rings is 2. The molecule has 1 aromatic heterocycles. The number of Topliss-reactive ketones (excluding diaryl/α,β-unsaturated/α-hetero) is 1. The van der Waals surface area contributed by atoms with Crippen LogP contribution in [0.25, 0.3) is 5.76 Å². The molecule has 1 N–H and O–H groups in total. The largest absolute Gasteiger partial charge is 0.507 e. The van der Waals surface area contributed by atoms with Crippen LogP contribution in [0.15, 0.2) is 59.6 Å². The first kappa shape index (κ1) is 22.0. The molecule has 0 aliphatic carbocycles. The molecule has 0 spiro atoms. The van der Waals surface area contributed by atoms with Crippen molar-refractivity contribution in [1.82, 2.24) is 4.98 Å². The molecule has 1 saturated heterocycles. The number of ether oxygens (including phenoxy) is 3. The van der Waals surface area contributed by atoms with Gasteiger partial charge in [0.25, 0.3) is 5.78 Å². The minimum Gasteiger partial charge on any atom is -0.507 e. The van der Waals surface area contributed by atoms with E-state index >= 15 is 0 Å². The van der Waals surface area contributed by atoms with Crippen molar-refractivity contribution in [2.45, 2.75) is 19.4 Å². The van der Waals surface area contributed by atoms with Crippen LogP contribution >= 0.6 is 11.3 Å². The Balaban J connectivity index is 1.65. The van der Waals surface area contributed by atoms with E-state index in [1.165, 1.54) is 16.2 Å². The first-order valence-electron chi connectivity index (χ1n) is 10.9. The molecule has 3 aromatic rings. The lowest BCUT2D eigenvalue weighted by Crippen LogP contribution is -2.29. The second-order valence-electron chi connectivity index (χ2n) is 7.76. The Labute approximate surface area is 200 Å². The van der Waals surface area contributed by atoms with Crippen LogP contribution in [-0.4, -0.2) is 41.6 Å². The van der Waals surface area contributed by atoms with Crippen LogP contribution in [0.5, 0.6) is 17.2 Å². The number of hydrogen-bond acceptors (Lipinski definition) is 8. The van der Waals surface area contributed by atoms with Gasteiger partial charge in [0.2, 0.25) is 0 Å². The van der Waals surface area contributed by atoms with Crippen molar-refractivity contribution in [2.75, 3.05) is 24.7 Å². The predicted molar refractivity (Wildman–Crippen MR) is 127 cm³/mol. The fourth-order valence-corrected chi connectivity index (χ4v) is 4.69. The van der Waals surface area contributed by atoms with Crippen molar-refractivity contribution in [3.8, 4) is 17.2 Å². The molecule has 8 nitrogen and oxygen atoms in total. The molecule has 1 amide bonds. The highest BCUT2D eigenvalue weighted by Gasteiger charge is 2.48. The highest BCUT2D eigenvalue weighted by atomic mass is 32.1. The summed E-state index contributed by atoms with van der Waals surface area (Å²) in [6.07, 6.45) is 2.41. The topological polar surface area (TPSA) is 98.2 Å². The number of carbonyl (C=O) groups is 2. The Morgan fingerprint density at radius 2 is 2.00 bits per heavy atom. The fourth-order valence-electron chi connectivity index (χ4n) is 4.02. The van der Waals surface area contributed by atoms with Gasteiger partial charge in [-0.25, -0.2) is 4.98 Å². The summed E-state index contributed by atoms with van der Waals surface area (Å²) in [7, 11) is 0. The van der Waals surface area contributed by atoms with E-state index in [-0.39, 0.29) is 11.3 Å². The van der Waals surface area contributed by atoms with Crippen LogP contribution in [0, 0.1) is 0 Å². The Bertz CT molecular complexity index is 1270. The molecular weight excluding hydrogens is 456 g/mol. The molecule has 1 unspecified atom stereocenters. The number of amides is 1. The van der Waals surface area contributed by atoms with Gasteiger partial charge in [-0.1, -0.05) is 19.1 Å². The average Bonchev–Trinajstić information content (AvgIpc) is 3.49. The number of thiazole rings is 1. The SMILES string of the molecule is CCCOc1cccc(C2/C(=C(\O)c3ccc4c(c3)OCCO4)C(=O)C(=O)N2c2nccs2)c1. The van der Waals surface area contributed by atoms with Gasteiger partial charge < -0.3 is 19.3 Å². The molecule has 3 heterocycles. The van der Waals surface area contributed by atoms with Gasteiger partial charge in [-0.3, -0.25) is 14.5 Å². The third-order valence-electron chi connectivity index (χ3n) is 5.53. The smallest absolute Gasteiger partial charge is 0.301 e. The Morgan fingerprint density at radius 3 is 2.76 bits per heavy atom. The third kappa shape index (κ3) is 3.88. The lowest BCUT2D eigenvalue weighted by molar-refractivity contribution is -0.132. The minimum atomic E-state index is -0.871. The number of nitrogens with zero attached hydrogens (tertiary/aromatic N) is 2. The van der Waals surface area contributed by atoms with Crippen molar-refractivity contribution in [1.29, 1.82) is 0 Å². The molecule has 1 fully saturated rings. The zero-order valence-electron chi connectivity index (χ0n) is 18.4. The normalized spacial score (nSPS) is 18.9. The summed E-state index contributed by atoms with van der Waals surface area (Å²) in [5, 5.41) is 13.4. The van der Waals surface area contributed by atoms with E-state index < -0.39 is 17.7 Å². The van der Waals surface area contributed by atoms with Crippen LogP contribution in [0.1, 0.15) is 30.5 Å². The fraction of sp³-hybridized carbons (Fsp3) is 0.240. The maximum atomic E-state index is 13.2. The number of carbonyl (C=O) groups excluding carboxylic acids is 2. The van der Waals surface area contributed by atoms with Gasteiger partial charge in [-0.2, -0.15) is 0 Å². The summed E-state index contributed by atoms with van der Waals surface area (Å²) in [4.78, 5) is 32.0. The summed E-state index contributed by atoms with van der Waals surface area (Å²) < 4.78 is 16.9. The van der Waals surface area contributed by atoms with Gasteiger partial charge in [-0.15, -0.1) is 11.3 Å². The quantitative estimate of drug-likeness (QED) is 0.320. The van der Waals surface area contributed by atoms with Crippen molar-refractivity contribution in [2.24, 2.45) is 0 Å². The molecule has 2 aromatic carbocycles. The second kappa shape index (κ2) is 9.18. The van der Waals surface area contributed by atoms with E-state index in [2.05, 4.69) is 4.98 Å². The zero-order chi connectivity index (χ0) is 23.7. The maximum Gasteiger partial charge on any atom is 0.301 e. The van der Waals surface area contributed by atoms with Gasteiger partial charge in [0.05, 0.1) is 18.2 Å². The Morgan fingerprint density at radius 1 is 1.18 bits per heavy atom. The lowest BCUT2D eigenvalue weighted by atomic mass is 9.95. The summed E-state index contributed by atoms with van der Waals surface area (Å²) in [5.41, 5.74) is 0.955. The Kier molecular flexibility index (Phi) is 5.93. The number of fused-ring (bicyclic) bond motifs is 1. The predicted octanol–water partition coefficient (Wildman–Crippen LogP) is 4.33. The zero-order valence-corrected chi connectivity index (χ0v) is 19.2. The van der Waals surface area contributed by atoms with E-state index in [0.717, 1.165) is 6.42 Å². The first-order valence-corrected chi connectivity index (χ1v) is 11.8. The number of aliphatic hydroxyl groups is 1. The number of hydrogen-bond donors (Lipinski definition) is 1. The second-order valence-corrected chi connectivity index (χ2v) is 8.64. The van der Waals surface area contributed by atoms with Crippen LogP contribution in [0.2, 0.25) is 0 Å². The van der Waals surface area contributed by atoms with Crippen LogP contribution in [0.4, 0.5) is 5.13 Å². The van der Waals surface area contributed by atoms with Gasteiger partial charge in [0.1, 0.15) is 24.7 Å². The molecule has 0 radical (unpaired) electrons. The van der Waals surface area contributed by atoms with E-state index in [4.69, 9.17) is 14.2 Å². The summed E-state index contributed by atoms with van der Waals surface area (Å²) in [6.45, 7) is 3.37. The minimum absolute atomic E-state index is 0.0236. The van der Waals surface area contributed by atoms with E-state index in [1.807, 2.05) is 13.0 Å². The monoisotopic (exact) mass is 478 g/mol. The van der Waals surface area contributed by atoms with Gasteiger partial charge >= 0.3 is 5.91 Å². The molecule has 34 heavy (non-hydrogen) atoms. The Hall–Kier alpha value is -3.85. The molecule has 5 rings (SSSR count). The van der Waals surface area contributed by atoms with Crippen LogP contribution in [0.3, 0.4) is 0 Å². The van der Waals surface area contributed by atoms with E-state index in [1.54, 1.807) is 48.0 Å². The summed E-state index contributed by atoms with van der Waals surface area (Å²) in [5.74, 6) is -0.187. The van der Waals surface area contributed by atoms with Crippen LogP contribution in [-0.2, 0) is 9.59 Å². The number of aromatic nitrogens is 1. The molecule has 174 valence electrons. The van der Waals surface area contributed by atoms with Crippen molar-refractivity contribution in [3.05, 3.63) is 70.7 Å². The number of ketones is 1. The maximum absolute atomic E-state index is 13.2. The first-order chi connectivity index (χ1) is 16.6.